The van der Waals surface area contributed by atoms with E-state index in [4.69, 9.17) is 9.47 Å². The van der Waals surface area contributed by atoms with Crippen LogP contribution < -0.4 is 0 Å². The van der Waals surface area contributed by atoms with Crippen molar-refractivity contribution < 1.29 is 14.3 Å². The van der Waals surface area contributed by atoms with Gasteiger partial charge < -0.3 is 9.47 Å². The predicted molar refractivity (Wildman–Crippen MR) is 51.9 cm³/mol. The minimum absolute atomic E-state index is 0.0104. The third kappa shape index (κ3) is 1.59. The Bertz CT molecular complexity index is 219. The molecule has 14 heavy (non-hydrogen) atoms. The number of hydrogen-bond donors (Lipinski definition) is 0. The van der Waals surface area contributed by atoms with E-state index in [-0.39, 0.29) is 5.92 Å². The molecule has 0 aromatic rings. The van der Waals surface area contributed by atoms with E-state index in [2.05, 4.69) is 0 Å². The van der Waals surface area contributed by atoms with Crippen LogP contribution in [0.2, 0.25) is 0 Å². The number of carbonyl (C=O) groups excluding carboxylic acids is 1. The maximum absolute atomic E-state index is 11.8. The topological polar surface area (TPSA) is 35.5 Å². The van der Waals surface area contributed by atoms with E-state index in [1.165, 1.54) is 0 Å². The first-order valence-corrected chi connectivity index (χ1v) is 5.59. The number of hydrogen-bond acceptors (Lipinski definition) is 3. The van der Waals surface area contributed by atoms with Crippen LogP contribution >= 0.6 is 0 Å². The molecule has 0 radical (unpaired) electrons. The SMILES string of the molecule is CCC(=O)C1CCCCC12OCCO2. The molecule has 0 bridgehead atoms. The number of ketones is 1. The lowest BCUT2D eigenvalue weighted by molar-refractivity contribution is -0.211. The van der Waals surface area contributed by atoms with Crippen molar-refractivity contribution >= 4 is 5.78 Å². The zero-order valence-electron chi connectivity index (χ0n) is 8.75. The second-order valence-corrected chi connectivity index (χ2v) is 4.13. The number of carbonyl (C=O) groups is 1. The minimum atomic E-state index is -0.536. The summed E-state index contributed by atoms with van der Waals surface area (Å²) in [5.74, 6) is -0.249. The molecule has 80 valence electrons. The summed E-state index contributed by atoms with van der Waals surface area (Å²) in [5.41, 5.74) is 0. The zero-order valence-corrected chi connectivity index (χ0v) is 8.75. The molecule has 1 unspecified atom stereocenters. The van der Waals surface area contributed by atoms with Gasteiger partial charge >= 0.3 is 0 Å². The summed E-state index contributed by atoms with van der Waals surface area (Å²) in [6.45, 7) is 3.21. The molecule has 1 aliphatic heterocycles. The van der Waals surface area contributed by atoms with Gasteiger partial charge in [-0.15, -0.1) is 0 Å². The molecule has 1 atom stereocenters. The molecule has 0 amide bonds. The van der Waals surface area contributed by atoms with E-state index >= 15 is 0 Å². The van der Waals surface area contributed by atoms with Gasteiger partial charge in [-0.05, 0) is 12.8 Å². The van der Waals surface area contributed by atoms with Gasteiger partial charge in [0.1, 0.15) is 5.78 Å². The third-order valence-electron chi connectivity index (χ3n) is 3.31. The highest BCUT2D eigenvalue weighted by Gasteiger charge is 2.48. The lowest BCUT2D eigenvalue weighted by Crippen LogP contribution is -2.45. The highest BCUT2D eigenvalue weighted by Crippen LogP contribution is 2.41. The summed E-state index contributed by atoms with van der Waals surface area (Å²) in [4.78, 5) is 11.8. The fourth-order valence-corrected chi connectivity index (χ4v) is 2.58. The van der Waals surface area contributed by atoms with Crippen LogP contribution in [0, 0.1) is 5.92 Å². The van der Waals surface area contributed by atoms with Crippen LogP contribution in [0.4, 0.5) is 0 Å². The largest absolute Gasteiger partial charge is 0.347 e. The van der Waals surface area contributed by atoms with Gasteiger partial charge in [-0.25, -0.2) is 0 Å². The Hall–Kier alpha value is -0.410. The monoisotopic (exact) mass is 198 g/mol. The van der Waals surface area contributed by atoms with Crippen LogP contribution in [-0.4, -0.2) is 24.8 Å². The summed E-state index contributed by atoms with van der Waals surface area (Å²) in [6.07, 6.45) is 4.67. The number of Topliss-reactive ketones (excluding diaryl/α,β-unsaturated/α-hetero) is 1. The third-order valence-corrected chi connectivity index (χ3v) is 3.31. The van der Waals surface area contributed by atoms with Crippen LogP contribution in [0.5, 0.6) is 0 Å². The Balaban J connectivity index is 2.14. The van der Waals surface area contributed by atoms with E-state index in [0.717, 1.165) is 25.7 Å². The highest BCUT2D eigenvalue weighted by atomic mass is 16.7. The van der Waals surface area contributed by atoms with E-state index in [0.29, 0.717) is 25.4 Å². The average molecular weight is 198 g/mol. The molecule has 0 aromatic heterocycles. The summed E-state index contributed by atoms with van der Waals surface area (Å²) in [7, 11) is 0. The smallest absolute Gasteiger partial charge is 0.178 e. The van der Waals surface area contributed by atoms with Gasteiger partial charge in [-0.1, -0.05) is 13.3 Å². The lowest BCUT2D eigenvalue weighted by atomic mass is 9.80. The quantitative estimate of drug-likeness (QED) is 0.679. The first-order chi connectivity index (χ1) is 6.78. The molecule has 0 aromatic carbocycles. The van der Waals surface area contributed by atoms with Gasteiger partial charge in [0.15, 0.2) is 5.79 Å². The van der Waals surface area contributed by atoms with E-state index in [9.17, 15) is 4.79 Å². The summed E-state index contributed by atoms with van der Waals surface area (Å²) in [5, 5.41) is 0. The molecule has 3 nitrogen and oxygen atoms in total. The minimum Gasteiger partial charge on any atom is -0.347 e. The fourth-order valence-electron chi connectivity index (χ4n) is 2.58. The highest BCUT2D eigenvalue weighted by molar-refractivity contribution is 5.81. The van der Waals surface area contributed by atoms with E-state index in [1.54, 1.807) is 0 Å². The van der Waals surface area contributed by atoms with Gasteiger partial charge in [0.05, 0.1) is 19.1 Å². The summed E-state index contributed by atoms with van der Waals surface area (Å²) >= 11 is 0. The first-order valence-electron chi connectivity index (χ1n) is 5.59. The Kier molecular flexibility index (Phi) is 2.88. The maximum Gasteiger partial charge on any atom is 0.178 e. The van der Waals surface area contributed by atoms with Gasteiger partial charge in [0.2, 0.25) is 0 Å². The average Bonchev–Trinajstić information content (AvgIpc) is 2.67. The lowest BCUT2D eigenvalue weighted by Gasteiger charge is -2.38. The van der Waals surface area contributed by atoms with Crippen molar-refractivity contribution in [1.29, 1.82) is 0 Å². The standard InChI is InChI=1S/C11H18O3/c1-2-10(12)9-5-3-4-6-11(9)13-7-8-14-11/h9H,2-8H2,1H3. The Morgan fingerprint density at radius 2 is 2.07 bits per heavy atom. The summed E-state index contributed by atoms with van der Waals surface area (Å²) in [6, 6.07) is 0. The van der Waals surface area contributed by atoms with Crippen LogP contribution in [0.3, 0.4) is 0 Å². The molecule has 2 fully saturated rings. The molecule has 1 heterocycles. The second kappa shape index (κ2) is 3.99. The maximum atomic E-state index is 11.8. The molecular weight excluding hydrogens is 180 g/mol. The van der Waals surface area contributed by atoms with Crippen LogP contribution in [-0.2, 0) is 14.3 Å². The van der Waals surface area contributed by atoms with Crippen molar-refractivity contribution in [2.75, 3.05) is 13.2 Å². The zero-order chi connectivity index (χ0) is 10.0. The Labute approximate surface area is 84.8 Å². The normalized spacial score (nSPS) is 30.8. The van der Waals surface area contributed by atoms with Crippen molar-refractivity contribution in [3.8, 4) is 0 Å². The fraction of sp³-hybridized carbons (Fsp3) is 0.909. The van der Waals surface area contributed by atoms with Crippen molar-refractivity contribution in [3.63, 3.8) is 0 Å². The first kappa shape index (κ1) is 10.1. The van der Waals surface area contributed by atoms with Crippen molar-refractivity contribution in [2.45, 2.75) is 44.8 Å². The van der Waals surface area contributed by atoms with Crippen LogP contribution in [0.1, 0.15) is 39.0 Å². The molecular formula is C11H18O3. The van der Waals surface area contributed by atoms with Gasteiger partial charge in [0.25, 0.3) is 0 Å². The van der Waals surface area contributed by atoms with Gasteiger partial charge in [-0.3, -0.25) is 4.79 Å². The Morgan fingerprint density at radius 1 is 1.36 bits per heavy atom. The van der Waals surface area contributed by atoms with E-state index in [1.807, 2.05) is 6.92 Å². The molecule has 1 saturated carbocycles. The molecule has 1 saturated heterocycles. The number of ether oxygens (including phenoxy) is 2. The predicted octanol–water partition coefficient (Wildman–Crippen LogP) is 1.90. The van der Waals surface area contributed by atoms with Gasteiger partial charge in [-0.2, -0.15) is 0 Å². The molecule has 0 N–H and O–H groups in total. The molecule has 1 spiro atoms. The second-order valence-electron chi connectivity index (χ2n) is 4.13. The van der Waals surface area contributed by atoms with Gasteiger partial charge in [0, 0.05) is 12.8 Å². The van der Waals surface area contributed by atoms with Crippen molar-refractivity contribution in [1.82, 2.24) is 0 Å². The molecule has 2 aliphatic rings. The van der Waals surface area contributed by atoms with Crippen molar-refractivity contribution in [3.05, 3.63) is 0 Å². The molecule has 3 heteroatoms. The summed E-state index contributed by atoms with van der Waals surface area (Å²) < 4.78 is 11.3. The van der Waals surface area contributed by atoms with Crippen LogP contribution in [0.25, 0.3) is 0 Å². The molecule has 1 aliphatic carbocycles. The van der Waals surface area contributed by atoms with Crippen molar-refractivity contribution in [2.24, 2.45) is 5.92 Å². The van der Waals surface area contributed by atoms with E-state index < -0.39 is 5.79 Å². The van der Waals surface area contributed by atoms with Crippen LogP contribution in [0.15, 0.2) is 0 Å². The Morgan fingerprint density at radius 3 is 2.71 bits per heavy atom. The number of rotatable bonds is 2. The molecule has 2 rings (SSSR count).